The number of ether oxygens (including phenoxy) is 6. The molecule has 0 bridgehead atoms. The topological polar surface area (TPSA) is 181 Å². The van der Waals surface area contributed by atoms with Crippen LogP contribution in [-0.4, -0.2) is 144 Å². The zero-order chi connectivity index (χ0) is 93.6. The van der Waals surface area contributed by atoms with E-state index in [1.54, 1.807) is 30.9 Å². The van der Waals surface area contributed by atoms with Crippen molar-refractivity contribution in [2.75, 3.05) is 91.7 Å². The second-order valence-corrected chi connectivity index (χ2v) is 41.2. The number of hydrogen-bond acceptors (Lipinski definition) is 14. The Morgan fingerprint density at radius 2 is 0.754 bits per heavy atom. The van der Waals surface area contributed by atoms with Crippen molar-refractivity contribution in [3.8, 4) is 34.5 Å². The number of fused-ring (bicyclic) bond motifs is 12. The van der Waals surface area contributed by atoms with Gasteiger partial charge in [0.15, 0.2) is 70.0 Å². The van der Waals surface area contributed by atoms with E-state index in [0.29, 0.717) is 6.07 Å². The van der Waals surface area contributed by atoms with Crippen molar-refractivity contribution in [2.45, 2.75) is 77.5 Å². The minimum absolute atomic E-state index is 0. The summed E-state index contributed by atoms with van der Waals surface area (Å²) in [5.74, 6) is -18.6. The summed E-state index contributed by atoms with van der Waals surface area (Å²) in [5.41, 5.74) is -13.2. The molecule has 0 aromatic heterocycles. The number of alkyl halides is 3. The smallest absolute Gasteiger partial charge is 0.534 e. The van der Waals surface area contributed by atoms with Gasteiger partial charge in [0.05, 0.1) is 78.4 Å². The number of benzene rings is 12. The van der Waals surface area contributed by atoms with E-state index in [-0.39, 0.29) is 75.2 Å². The van der Waals surface area contributed by atoms with Gasteiger partial charge in [-0.15, -0.1) is 0 Å². The molecule has 12 aromatic carbocycles. The van der Waals surface area contributed by atoms with Gasteiger partial charge in [-0.05, 0) is 155 Å². The first kappa shape index (κ1) is 99.6. The van der Waals surface area contributed by atoms with E-state index in [9.17, 15) is 58.3 Å². The molecule has 6 aliphatic rings. The van der Waals surface area contributed by atoms with Crippen LogP contribution in [0.3, 0.4) is 0 Å². The van der Waals surface area contributed by atoms with Gasteiger partial charge in [-0.1, -0.05) is 153 Å². The molecule has 0 saturated carbocycles. The third-order valence-corrected chi connectivity index (χ3v) is 34.7. The summed E-state index contributed by atoms with van der Waals surface area (Å²) in [6.07, 6.45) is 7.19. The molecule has 134 heavy (non-hydrogen) atoms. The number of hydrogen-bond donors (Lipinski definition) is 1. The number of halogens is 12. The first-order chi connectivity index (χ1) is 63.4. The molecule has 0 radical (unpaired) electrons. The zero-order valence-electron chi connectivity index (χ0n) is 72.8. The number of unbranched alkanes of at least 4 members (excludes halogenated alkanes) is 2. The lowest BCUT2D eigenvalue weighted by atomic mass is 9.77. The molecule has 0 aliphatic carbocycles. The number of carbonyl (C=O) groups excluding carboxylic acids is 4. The van der Waals surface area contributed by atoms with Crippen molar-refractivity contribution >= 4 is 80.2 Å². The lowest BCUT2D eigenvalue weighted by Gasteiger charge is -2.37. The zero-order valence-corrected chi connectivity index (χ0v) is 76.9. The van der Waals surface area contributed by atoms with Crippen molar-refractivity contribution < 1.29 is 130 Å². The van der Waals surface area contributed by atoms with Gasteiger partial charge < -0.3 is 64.3 Å². The number of nitrogens with one attached hydrogen (secondary N) is 1. The lowest BCUT2D eigenvalue weighted by Crippen LogP contribution is -3.14. The molecule has 2 spiro atoms. The quantitative estimate of drug-likeness (QED) is 0.0136. The maximum Gasteiger partial charge on any atom is 0.534 e. The highest BCUT2D eigenvalue weighted by Crippen LogP contribution is 2.63. The number of methoxy groups -OCH3 is 1. The minimum atomic E-state index is -6.53. The van der Waals surface area contributed by atoms with Crippen LogP contribution in [0.5, 0.6) is 34.5 Å². The van der Waals surface area contributed by atoms with Gasteiger partial charge >= 0.3 is 27.6 Å². The van der Waals surface area contributed by atoms with E-state index in [2.05, 4.69) is 191 Å². The second-order valence-electron chi connectivity index (χ2n) is 32.4. The van der Waals surface area contributed by atoms with E-state index in [4.69, 9.17) is 28.4 Å². The summed E-state index contributed by atoms with van der Waals surface area (Å²) < 4.78 is 216. The van der Waals surface area contributed by atoms with Gasteiger partial charge in [-0.2, -0.15) is 30.4 Å². The molecular formula is C102H96BrF11N4O13P2S+2. The lowest BCUT2D eigenvalue weighted by molar-refractivity contribution is -0.904. The normalized spacial score (nSPS) is 16.4. The van der Waals surface area contributed by atoms with Crippen molar-refractivity contribution in [2.24, 2.45) is 0 Å². The van der Waals surface area contributed by atoms with E-state index < -0.39 is 158 Å². The molecule has 32 heteroatoms. The van der Waals surface area contributed by atoms with Crippen LogP contribution in [0.2, 0.25) is 0 Å². The molecule has 2 saturated heterocycles. The number of carbonyl (C=O) groups is 4. The van der Waals surface area contributed by atoms with Gasteiger partial charge in [0, 0.05) is 69.4 Å². The molecule has 2 atom stereocenters. The summed E-state index contributed by atoms with van der Waals surface area (Å²) in [5, 5.41) is 8.81. The van der Waals surface area contributed by atoms with Crippen LogP contribution < -0.4 is 72.1 Å². The fraction of sp³-hybridized carbons (Fsp3) is 0.255. The number of rotatable bonds is 21. The number of amides is 2. The van der Waals surface area contributed by atoms with Crippen LogP contribution in [-0.2, 0) is 45.1 Å². The Balaban J connectivity index is 0.000000151. The number of quaternary nitrogens is 1. The molecule has 2 unspecified atom stereocenters. The highest BCUT2D eigenvalue weighted by atomic mass is 79.9. The van der Waals surface area contributed by atoms with Crippen LogP contribution in [0, 0.1) is 60.4 Å². The predicted octanol–water partition coefficient (Wildman–Crippen LogP) is 14.5. The standard InChI is InChI=1S/2C28H34N2OP.C23H14F4O5.C22H9F7O6S.CH4.BrH/c2*1-25(31)30-22-20-29(21-23-30)19-11-12-24-32(26-13-5-2-6-14-26,27-15-7-3-8-16-27)28-17-9-4-10-18-28;1-10-15(24)7-13-19(17(10)26)31-20-14(8-16(25)21(18(20)27)30-9-29-2)23(13)12-6-4-3-5-11(12)22(28)32-23;1-8-13(23)6-11-17(15(8)25)33-18-12(21(11)10-5-3-2-4-9(10)20(30)34-21)7-14(24)19(16(18)26)35-36(31,32)22(27,28)29;;/h2*2-10,13-18H,11-12,19-24H2,1H3;3-8H,9H2,1-2H3;2-7H,1H3;1H4;1H/q2*+1;;;;. The third kappa shape index (κ3) is 19.2. The number of piperazine rings is 2. The Morgan fingerprint density at radius 3 is 1.11 bits per heavy atom. The first-order valence-corrected chi connectivity index (χ1v) is 48.1. The third-order valence-electron chi connectivity index (χ3n) is 24.7. The molecule has 2 amide bonds. The molecule has 18 rings (SSSR count). The Bertz CT molecular complexity index is 6040. The van der Waals surface area contributed by atoms with E-state index in [1.807, 2.05) is 9.80 Å². The van der Waals surface area contributed by atoms with Crippen molar-refractivity contribution in [1.82, 2.24) is 14.7 Å². The second kappa shape index (κ2) is 41.9. The van der Waals surface area contributed by atoms with E-state index in [1.165, 1.54) is 127 Å². The molecule has 1 N–H and O–H groups in total. The molecule has 6 heterocycles. The molecule has 17 nitrogen and oxygen atoms in total. The molecule has 6 aliphatic heterocycles. The van der Waals surface area contributed by atoms with Crippen molar-refractivity contribution in [3.05, 3.63) is 357 Å². The van der Waals surface area contributed by atoms with Gasteiger partial charge in [0.2, 0.25) is 29.2 Å². The molecular weight excluding hydrogens is 1870 g/mol. The summed E-state index contributed by atoms with van der Waals surface area (Å²) in [7, 11) is -8.70. The van der Waals surface area contributed by atoms with Crippen LogP contribution in [0.1, 0.15) is 112 Å². The fourth-order valence-corrected chi connectivity index (χ4v) is 27.3. The van der Waals surface area contributed by atoms with Crippen LogP contribution in [0.4, 0.5) is 48.3 Å². The molecule has 2 fully saturated rings. The monoisotopic (exact) mass is 1970 g/mol. The molecule has 700 valence electrons. The largest absolute Gasteiger partial charge is 1.00 e. The summed E-state index contributed by atoms with van der Waals surface area (Å²) in [4.78, 5) is 56.7. The Labute approximate surface area is 781 Å². The van der Waals surface area contributed by atoms with Crippen LogP contribution >= 0.6 is 14.5 Å². The number of esters is 2. The Kier molecular flexibility index (Phi) is 31.2. The Hall–Kier alpha value is -11.9. The van der Waals surface area contributed by atoms with Crippen LogP contribution in [0.25, 0.3) is 0 Å². The predicted molar refractivity (Wildman–Crippen MR) is 488 cm³/mol. The highest BCUT2D eigenvalue weighted by molar-refractivity contribution is 7.96. The minimum Gasteiger partial charge on any atom is -1.00 e. The van der Waals surface area contributed by atoms with Gasteiger partial charge in [0.25, 0.3) is 0 Å². The maximum atomic E-state index is 15.4. The first-order valence-electron chi connectivity index (χ1n) is 42.8. The SMILES string of the molecule is C.CC(=O)N1CCN(CCCC[P+](c2ccccc2)(c2ccccc2)c2ccccc2)CC1.CC(=O)N1CC[NH+](CCCC[P+](c2ccccc2)(c2ccccc2)c2ccccc2)CC1.COCOc1c(F)cc2c(c1F)Oc1c(cc(F)c(C)c1F)C21OC(=O)c2ccccc21.Cc1c(F)cc2c(c1F)Oc1c(cc(F)c(OS(=O)(=O)C(F)(F)F)c1F)C21OC(=O)c2ccccc21.[Br-]. The van der Waals surface area contributed by atoms with Crippen molar-refractivity contribution in [3.63, 3.8) is 0 Å². The van der Waals surface area contributed by atoms with Gasteiger partial charge in [-0.3, -0.25) is 14.5 Å². The average Bonchev–Trinajstić information content (AvgIpc) is 1.53. The average molecular weight is 1970 g/mol. The Morgan fingerprint density at radius 1 is 0.433 bits per heavy atom. The summed E-state index contributed by atoms with van der Waals surface area (Å²) in [6, 6.07) is 81.2. The summed E-state index contributed by atoms with van der Waals surface area (Å²) >= 11 is 0. The number of nitrogens with zero attached hydrogens (tertiary/aromatic N) is 3. The fourth-order valence-electron chi connectivity index (χ4n) is 18.1. The summed E-state index contributed by atoms with van der Waals surface area (Å²) in [6.45, 7) is 15.1. The van der Waals surface area contributed by atoms with Crippen LogP contribution in [0.15, 0.2) is 255 Å². The van der Waals surface area contributed by atoms with E-state index in [0.717, 1.165) is 84.0 Å². The maximum absolute atomic E-state index is 15.4. The van der Waals surface area contributed by atoms with Gasteiger partial charge in [0.1, 0.15) is 58.0 Å². The highest BCUT2D eigenvalue weighted by Gasteiger charge is 2.59. The van der Waals surface area contributed by atoms with E-state index >= 15 is 17.6 Å². The van der Waals surface area contributed by atoms with Gasteiger partial charge in [-0.25, -0.2) is 35.9 Å². The van der Waals surface area contributed by atoms with Crippen molar-refractivity contribution in [1.29, 1.82) is 0 Å². The molecule has 12 aromatic rings.